The number of carbonyl (C=O) groups is 1. The molecule has 1 rings (SSSR count). The molecular weight excluding hydrogens is 256 g/mol. The van der Waals surface area contributed by atoms with Crippen molar-refractivity contribution in [3.8, 4) is 5.75 Å². The second kappa shape index (κ2) is 9.34. The Balaban J connectivity index is 2.30. The number of nitrogens with two attached hydrogens (primary N) is 1. The third-order valence-electron chi connectivity index (χ3n) is 2.93. The zero-order valence-corrected chi connectivity index (χ0v) is 12.2. The number of nitrogens with one attached hydrogen (secondary N) is 1. The summed E-state index contributed by atoms with van der Waals surface area (Å²) < 4.78 is 10.7. The topological polar surface area (TPSA) is 73.6 Å². The molecule has 0 radical (unpaired) electrons. The largest absolute Gasteiger partial charge is 0.497 e. The van der Waals surface area contributed by atoms with Gasteiger partial charge in [0.25, 0.3) is 0 Å². The van der Waals surface area contributed by atoms with E-state index in [9.17, 15) is 4.79 Å². The van der Waals surface area contributed by atoms with Crippen LogP contribution in [-0.2, 0) is 16.1 Å². The van der Waals surface area contributed by atoms with E-state index in [2.05, 4.69) is 5.32 Å². The molecule has 5 heteroatoms. The molecule has 0 spiro atoms. The molecule has 0 saturated carbocycles. The van der Waals surface area contributed by atoms with Crippen LogP contribution in [0.15, 0.2) is 24.3 Å². The second-order valence-electron chi connectivity index (χ2n) is 4.59. The van der Waals surface area contributed by atoms with Gasteiger partial charge in [0.05, 0.1) is 13.7 Å². The van der Waals surface area contributed by atoms with E-state index in [1.54, 1.807) is 14.0 Å². The lowest BCUT2D eigenvalue weighted by molar-refractivity contribution is -0.132. The highest BCUT2D eigenvalue weighted by Crippen LogP contribution is 2.13. The molecule has 1 amide bonds. The van der Waals surface area contributed by atoms with Crippen LogP contribution in [0, 0.1) is 0 Å². The Bertz CT molecular complexity index is 410. The van der Waals surface area contributed by atoms with Crippen LogP contribution in [0.25, 0.3) is 0 Å². The predicted octanol–water partition coefficient (Wildman–Crippen LogP) is 1.46. The maximum atomic E-state index is 11.8. The van der Waals surface area contributed by atoms with Crippen molar-refractivity contribution in [1.29, 1.82) is 0 Å². The van der Waals surface area contributed by atoms with E-state index in [0.717, 1.165) is 24.2 Å². The molecule has 0 heterocycles. The summed E-state index contributed by atoms with van der Waals surface area (Å²) in [6, 6.07) is 7.60. The molecule has 0 aliphatic heterocycles. The van der Waals surface area contributed by atoms with Gasteiger partial charge in [-0.15, -0.1) is 0 Å². The highest BCUT2D eigenvalue weighted by atomic mass is 16.5. The van der Waals surface area contributed by atoms with Gasteiger partial charge >= 0.3 is 0 Å². The Hall–Kier alpha value is -1.59. The standard InChI is InChI=1S/C15H24N2O3/c1-12(15(18)17-9-4-3-8-16)20-11-13-6-5-7-14(10-13)19-2/h5-7,10,12H,3-4,8-9,11,16H2,1-2H3,(H,17,18). The zero-order valence-electron chi connectivity index (χ0n) is 12.2. The van der Waals surface area contributed by atoms with Crippen molar-refractivity contribution in [3.05, 3.63) is 29.8 Å². The second-order valence-corrected chi connectivity index (χ2v) is 4.59. The number of hydrogen-bond donors (Lipinski definition) is 2. The molecule has 0 bridgehead atoms. The van der Waals surface area contributed by atoms with Gasteiger partial charge < -0.3 is 20.5 Å². The first-order valence-electron chi connectivity index (χ1n) is 6.89. The minimum atomic E-state index is -0.473. The Kier molecular flexibility index (Phi) is 7.69. The average molecular weight is 280 g/mol. The predicted molar refractivity (Wildman–Crippen MR) is 78.5 cm³/mol. The van der Waals surface area contributed by atoms with Gasteiger partial charge in [-0.05, 0) is 44.0 Å². The monoisotopic (exact) mass is 280 g/mol. The Labute approximate surface area is 120 Å². The van der Waals surface area contributed by atoms with Crippen LogP contribution in [0.1, 0.15) is 25.3 Å². The fourth-order valence-electron chi connectivity index (χ4n) is 1.68. The maximum Gasteiger partial charge on any atom is 0.248 e. The fraction of sp³-hybridized carbons (Fsp3) is 0.533. The average Bonchev–Trinajstić information content (AvgIpc) is 2.49. The molecule has 0 aliphatic rings. The number of unbranched alkanes of at least 4 members (excludes halogenated alkanes) is 1. The van der Waals surface area contributed by atoms with E-state index in [1.165, 1.54) is 0 Å². The first-order chi connectivity index (χ1) is 9.67. The van der Waals surface area contributed by atoms with Crippen molar-refractivity contribution >= 4 is 5.91 Å². The van der Waals surface area contributed by atoms with Crippen molar-refractivity contribution in [2.24, 2.45) is 5.73 Å². The van der Waals surface area contributed by atoms with E-state index in [-0.39, 0.29) is 5.91 Å². The van der Waals surface area contributed by atoms with Crippen molar-refractivity contribution in [1.82, 2.24) is 5.32 Å². The summed E-state index contributed by atoms with van der Waals surface area (Å²) in [5, 5.41) is 2.83. The van der Waals surface area contributed by atoms with Crippen LogP contribution < -0.4 is 15.8 Å². The van der Waals surface area contributed by atoms with Gasteiger partial charge in [0, 0.05) is 6.54 Å². The van der Waals surface area contributed by atoms with E-state index in [1.807, 2.05) is 24.3 Å². The smallest absolute Gasteiger partial charge is 0.248 e. The molecule has 3 N–H and O–H groups in total. The Morgan fingerprint density at radius 2 is 2.20 bits per heavy atom. The lowest BCUT2D eigenvalue weighted by atomic mass is 10.2. The summed E-state index contributed by atoms with van der Waals surface area (Å²) in [7, 11) is 1.62. The normalized spacial score (nSPS) is 11.9. The molecule has 112 valence electrons. The van der Waals surface area contributed by atoms with Crippen molar-refractivity contribution in [2.75, 3.05) is 20.2 Å². The molecular formula is C15H24N2O3. The van der Waals surface area contributed by atoms with Gasteiger partial charge in [-0.1, -0.05) is 12.1 Å². The number of rotatable bonds is 9. The maximum absolute atomic E-state index is 11.8. The Morgan fingerprint density at radius 1 is 1.40 bits per heavy atom. The van der Waals surface area contributed by atoms with Crippen LogP contribution in [0.3, 0.4) is 0 Å². The van der Waals surface area contributed by atoms with Gasteiger partial charge in [0.1, 0.15) is 11.9 Å². The number of benzene rings is 1. The van der Waals surface area contributed by atoms with E-state index in [4.69, 9.17) is 15.2 Å². The number of ether oxygens (including phenoxy) is 2. The molecule has 20 heavy (non-hydrogen) atoms. The SMILES string of the molecule is COc1cccc(COC(C)C(=O)NCCCCN)c1. The molecule has 1 atom stereocenters. The molecule has 5 nitrogen and oxygen atoms in total. The van der Waals surface area contributed by atoms with Crippen LogP contribution >= 0.6 is 0 Å². The lowest BCUT2D eigenvalue weighted by Crippen LogP contribution is -2.35. The zero-order chi connectivity index (χ0) is 14.8. The molecule has 0 aromatic heterocycles. The van der Waals surface area contributed by atoms with Crippen LogP contribution in [0.5, 0.6) is 5.75 Å². The summed E-state index contributed by atoms with van der Waals surface area (Å²) in [4.78, 5) is 11.8. The molecule has 1 aromatic carbocycles. The molecule has 1 aromatic rings. The van der Waals surface area contributed by atoms with Gasteiger partial charge in [-0.3, -0.25) is 4.79 Å². The molecule has 0 fully saturated rings. The van der Waals surface area contributed by atoms with Crippen molar-refractivity contribution in [2.45, 2.75) is 32.5 Å². The van der Waals surface area contributed by atoms with Gasteiger partial charge in [-0.2, -0.15) is 0 Å². The van der Waals surface area contributed by atoms with Crippen molar-refractivity contribution < 1.29 is 14.3 Å². The number of methoxy groups -OCH3 is 1. The Morgan fingerprint density at radius 3 is 2.90 bits per heavy atom. The quantitative estimate of drug-likeness (QED) is 0.672. The summed E-state index contributed by atoms with van der Waals surface area (Å²) in [5.41, 5.74) is 6.37. The molecule has 0 saturated heterocycles. The summed E-state index contributed by atoms with van der Waals surface area (Å²) >= 11 is 0. The first kappa shape index (κ1) is 16.5. The van der Waals surface area contributed by atoms with Crippen LogP contribution in [-0.4, -0.2) is 32.2 Å². The third-order valence-corrected chi connectivity index (χ3v) is 2.93. The summed E-state index contributed by atoms with van der Waals surface area (Å²) in [5.74, 6) is 0.690. The minimum Gasteiger partial charge on any atom is -0.497 e. The summed E-state index contributed by atoms with van der Waals surface area (Å²) in [6.45, 7) is 3.42. The van der Waals surface area contributed by atoms with Crippen LogP contribution in [0.4, 0.5) is 0 Å². The van der Waals surface area contributed by atoms with E-state index < -0.39 is 6.10 Å². The minimum absolute atomic E-state index is 0.0927. The fourth-order valence-corrected chi connectivity index (χ4v) is 1.68. The van der Waals surface area contributed by atoms with Gasteiger partial charge in [-0.25, -0.2) is 0 Å². The van der Waals surface area contributed by atoms with E-state index >= 15 is 0 Å². The highest BCUT2D eigenvalue weighted by molar-refractivity contribution is 5.80. The van der Waals surface area contributed by atoms with Crippen LogP contribution in [0.2, 0.25) is 0 Å². The number of hydrogen-bond acceptors (Lipinski definition) is 4. The number of amides is 1. The van der Waals surface area contributed by atoms with E-state index in [0.29, 0.717) is 19.7 Å². The highest BCUT2D eigenvalue weighted by Gasteiger charge is 2.12. The van der Waals surface area contributed by atoms with Gasteiger partial charge in [0.2, 0.25) is 5.91 Å². The third kappa shape index (κ3) is 6.04. The first-order valence-corrected chi connectivity index (χ1v) is 6.89. The lowest BCUT2D eigenvalue weighted by Gasteiger charge is -2.13. The molecule has 1 unspecified atom stereocenters. The molecule has 0 aliphatic carbocycles. The number of carbonyl (C=O) groups excluding carboxylic acids is 1. The summed E-state index contributed by atoms with van der Waals surface area (Å²) in [6.07, 6.45) is 1.34. The van der Waals surface area contributed by atoms with Crippen molar-refractivity contribution in [3.63, 3.8) is 0 Å². The van der Waals surface area contributed by atoms with Gasteiger partial charge in [0.15, 0.2) is 0 Å².